The van der Waals surface area contributed by atoms with Crippen LogP contribution in [0.2, 0.25) is 0 Å². The summed E-state index contributed by atoms with van der Waals surface area (Å²) in [4.78, 5) is 0. The second-order valence-corrected chi connectivity index (χ2v) is 6.30. The molecule has 2 saturated carbocycles. The standard InChI is InChI=1S/C17H26N2/c18-16-7-4-8-17(16)19-15-11-9-14(10-12-15)13-5-2-1-3-6-13/h9-13,16-17,19H,1-8,18H2. The van der Waals surface area contributed by atoms with E-state index in [1.165, 1.54) is 56.2 Å². The maximum absolute atomic E-state index is 6.11. The van der Waals surface area contributed by atoms with Gasteiger partial charge in [0, 0.05) is 17.8 Å². The molecular formula is C17H26N2. The molecular weight excluding hydrogens is 232 g/mol. The molecule has 2 aliphatic carbocycles. The van der Waals surface area contributed by atoms with Gasteiger partial charge < -0.3 is 11.1 Å². The van der Waals surface area contributed by atoms with Crippen LogP contribution in [0.1, 0.15) is 62.8 Å². The van der Waals surface area contributed by atoms with Gasteiger partial charge in [0.05, 0.1) is 0 Å². The zero-order valence-electron chi connectivity index (χ0n) is 11.8. The van der Waals surface area contributed by atoms with E-state index in [0.717, 1.165) is 12.3 Å². The molecule has 0 aliphatic heterocycles. The first-order valence-corrected chi connectivity index (χ1v) is 7.95. The molecule has 0 aromatic heterocycles. The molecule has 2 fully saturated rings. The Balaban J connectivity index is 1.61. The van der Waals surface area contributed by atoms with Crippen LogP contribution in [0.5, 0.6) is 0 Å². The van der Waals surface area contributed by atoms with Crippen LogP contribution in [0.3, 0.4) is 0 Å². The number of benzene rings is 1. The van der Waals surface area contributed by atoms with E-state index in [-0.39, 0.29) is 0 Å². The molecule has 104 valence electrons. The SMILES string of the molecule is NC1CCCC1Nc1ccc(C2CCCCC2)cc1. The number of hydrogen-bond donors (Lipinski definition) is 2. The third-order valence-corrected chi connectivity index (χ3v) is 4.91. The van der Waals surface area contributed by atoms with Gasteiger partial charge in [-0.25, -0.2) is 0 Å². The normalized spacial score (nSPS) is 28.5. The molecule has 1 aromatic rings. The van der Waals surface area contributed by atoms with Crippen molar-refractivity contribution in [2.45, 2.75) is 69.4 Å². The molecule has 0 radical (unpaired) electrons. The van der Waals surface area contributed by atoms with E-state index in [4.69, 9.17) is 5.73 Å². The first-order valence-electron chi connectivity index (χ1n) is 7.95. The Morgan fingerprint density at radius 1 is 0.842 bits per heavy atom. The zero-order valence-corrected chi connectivity index (χ0v) is 11.8. The molecule has 3 N–H and O–H groups in total. The summed E-state index contributed by atoms with van der Waals surface area (Å²) in [5, 5.41) is 3.60. The van der Waals surface area contributed by atoms with E-state index in [2.05, 4.69) is 29.6 Å². The Morgan fingerprint density at radius 3 is 2.21 bits per heavy atom. The first kappa shape index (κ1) is 13.0. The van der Waals surface area contributed by atoms with Crippen LogP contribution in [0.25, 0.3) is 0 Å². The lowest BCUT2D eigenvalue weighted by molar-refractivity contribution is 0.443. The fourth-order valence-corrected chi connectivity index (χ4v) is 3.67. The minimum absolute atomic E-state index is 0.332. The van der Waals surface area contributed by atoms with Gasteiger partial charge in [-0.15, -0.1) is 0 Å². The Bertz CT molecular complexity index is 392. The van der Waals surface area contributed by atoms with Gasteiger partial charge in [0.25, 0.3) is 0 Å². The number of anilines is 1. The molecule has 1 aromatic carbocycles. The predicted molar refractivity (Wildman–Crippen MR) is 81.5 cm³/mol. The average Bonchev–Trinajstić information content (AvgIpc) is 2.86. The van der Waals surface area contributed by atoms with Crippen LogP contribution in [-0.4, -0.2) is 12.1 Å². The van der Waals surface area contributed by atoms with Gasteiger partial charge >= 0.3 is 0 Å². The van der Waals surface area contributed by atoms with Crippen LogP contribution >= 0.6 is 0 Å². The second kappa shape index (κ2) is 5.96. The summed E-state index contributed by atoms with van der Waals surface area (Å²) in [7, 11) is 0. The topological polar surface area (TPSA) is 38.0 Å². The molecule has 0 heterocycles. The van der Waals surface area contributed by atoms with Gasteiger partial charge in [0.15, 0.2) is 0 Å². The monoisotopic (exact) mass is 258 g/mol. The molecule has 2 heteroatoms. The van der Waals surface area contributed by atoms with Gasteiger partial charge in [0.1, 0.15) is 0 Å². The van der Waals surface area contributed by atoms with E-state index >= 15 is 0 Å². The van der Waals surface area contributed by atoms with E-state index in [1.807, 2.05) is 0 Å². The van der Waals surface area contributed by atoms with Gasteiger partial charge in [0.2, 0.25) is 0 Å². The molecule has 3 rings (SSSR count). The highest BCUT2D eigenvalue weighted by molar-refractivity contribution is 5.46. The molecule has 2 atom stereocenters. The third-order valence-electron chi connectivity index (χ3n) is 4.91. The van der Waals surface area contributed by atoms with Crippen molar-refractivity contribution in [3.8, 4) is 0 Å². The molecule has 0 amide bonds. The van der Waals surface area contributed by atoms with E-state index in [1.54, 1.807) is 0 Å². The first-order chi connectivity index (χ1) is 9.33. The Labute approximate surface area is 116 Å². The third kappa shape index (κ3) is 3.11. The fraction of sp³-hybridized carbons (Fsp3) is 0.647. The lowest BCUT2D eigenvalue weighted by Crippen LogP contribution is -2.35. The predicted octanol–water partition coefficient (Wildman–Crippen LogP) is 4.03. The highest BCUT2D eigenvalue weighted by atomic mass is 15.0. The highest BCUT2D eigenvalue weighted by Crippen LogP contribution is 2.33. The number of rotatable bonds is 3. The molecule has 2 nitrogen and oxygen atoms in total. The minimum Gasteiger partial charge on any atom is -0.381 e. The van der Waals surface area contributed by atoms with Crippen molar-refractivity contribution in [2.24, 2.45) is 5.73 Å². The highest BCUT2D eigenvalue weighted by Gasteiger charge is 2.23. The van der Waals surface area contributed by atoms with Crippen molar-refractivity contribution in [3.63, 3.8) is 0 Å². The molecule has 2 aliphatic rings. The van der Waals surface area contributed by atoms with Crippen molar-refractivity contribution < 1.29 is 0 Å². The van der Waals surface area contributed by atoms with Crippen LogP contribution in [0, 0.1) is 0 Å². The van der Waals surface area contributed by atoms with E-state index < -0.39 is 0 Å². The Hall–Kier alpha value is -1.02. The minimum atomic E-state index is 0.332. The molecule has 2 unspecified atom stereocenters. The van der Waals surface area contributed by atoms with Gasteiger partial charge in [-0.1, -0.05) is 31.4 Å². The molecule has 0 saturated heterocycles. The van der Waals surface area contributed by atoms with Crippen molar-refractivity contribution in [2.75, 3.05) is 5.32 Å². The molecule has 0 bridgehead atoms. The lowest BCUT2D eigenvalue weighted by atomic mass is 9.84. The fourth-order valence-electron chi connectivity index (χ4n) is 3.67. The number of nitrogens with one attached hydrogen (secondary N) is 1. The lowest BCUT2D eigenvalue weighted by Gasteiger charge is -2.23. The van der Waals surface area contributed by atoms with Crippen molar-refractivity contribution in [3.05, 3.63) is 29.8 Å². The van der Waals surface area contributed by atoms with Crippen LogP contribution in [-0.2, 0) is 0 Å². The van der Waals surface area contributed by atoms with Gasteiger partial charge in [-0.2, -0.15) is 0 Å². The Morgan fingerprint density at radius 2 is 1.58 bits per heavy atom. The van der Waals surface area contributed by atoms with Crippen LogP contribution in [0.4, 0.5) is 5.69 Å². The smallest absolute Gasteiger partial charge is 0.0412 e. The van der Waals surface area contributed by atoms with Crippen molar-refractivity contribution >= 4 is 5.69 Å². The van der Waals surface area contributed by atoms with Gasteiger partial charge in [-0.3, -0.25) is 0 Å². The summed E-state index contributed by atoms with van der Waals surface area (Å²) < 4.78 is 0. The number of hydrogen-bond acceptors (Lipinski definition) is 2. The summed E-state index contributed by atoms with van der Waals surface area (Å²) in [6, 6.07) is 9.93. The maximum Gasteiger partial charge on any atom is 0.0412 e. The zero-order chi connectivity index (χ0) is 13.1. The van der Waals surface area contributed by atoms with Crippen LogP contribution in [0.15, 0.2) is 24.3 Å². The van der Waals surface area contributed by atoms with E-state index in [0.29, 0.717) is 12.1 Å². The summed E-state index contributed by atoms with van der Waals surface area (Å²) in [5.74, 6) is 0.802. The van der Waals surface area contributed by atoms with Gasteiger partial charge in [-0.05, 0) is 55.7 Å². The van der Waals surface area contributed by atoms with E-state index in [9.17, 15) is 0 Å². The summed E-state index contributed by atoms with van der Waals surface area (Å²) in [6.45, 7) is 0. The maximum atomic E-state index is 6.11. The summed E-state index contributed by atoms with van der Waals surface area (Å²) in [5.41, 5.74) is 8.88. The average molecular weight is 258 g/mol. The molecule has 19 heavy (non-hydrogen) atoms. The number of nitrogens with two attached hydrogens (primary N) is 1. The molecule has 0 spiro atoms. The largest absolute Gasteiger partial charge is 0.381 e. The summed E-state index contributed by atoms with van der Waals surface area (Å²) >= 11 is 0. The second-order valence-electron chi connectivity index (χ2n) is 6.30. The van der Waals surface area contributed by atoms with Crippen molar-refractivity contribution in [1.82, 2.24) is 0 Å². The quantitative estimate of drug-likeness (QED) is 0.859. The van der Waals surface area contributed by atoms with Crippen LogP contribution < -0.4 is 11.1 Å². The van der Waals surface area contributed by atoms with Crippen molar-refractivity contribution in [1.29, 1.82) is 0 Å². The Kier molecular flexibility index (Phi) is 4.07. The summed E-state index contributed by atoms with van der Waals surface area (Å²) in [6.07, 6.45) is 10.6.